The van der Waals surface area contributed by atoms with E-state index in [0.717, 1.165) is 43.2 Å². The molecule has 2 heterocycles. The molecule has 1 aliphatic rings. The molecule has 1 amide bonds. The molecule has 0 atom stereocenters. The van der Waals surface area contributed by atoms with Gasteiger partial charge in [-0.3, -0.25) is 4.90 Å². The van der Waals surface area contributed by atoms with Crippen LogP contribution in [0.4, 0.5) is 4.79 Å². The van der Waals surface area contributed by atoms with Crippen LogP contribution in [0.15, 0.2) is 24.3 Å². The van der Waals surface area contributed by atoms with Gasteiger partial charge in [0.1, 0.15) is 10.6 Å². The van der Waals surface area contributed by atoms with E-state index in [-0.39, 0.29) is 12.1 Å². The molecule has 5 nitrogen and oxygen atoms in total. The van der Waals surface area contributed by atoms with Gasteiger partial charge in [0.2, 0.25) is 0 Å². The van der Waals surface area contributed by atoms with E-state index in [1.54, 1.807) is 11.3 Å². The van der Waals surface area contributed by atoms with E-state index >= 15 is 0 Å². The molecule has 1 aromatic heterocycles. The summed E-state index contributed by atoms with van der Waals surface area (Å²) in [6.07, 6.45) is 1.56. The van der Waals surface area contributed by atoms with E-state index in [4.69, 9.17) is 9.72 Å². The molecule has 0 unspecified atom stereocenters. The van der Waals surface area contributed by atoms with Crippen LogP contribution in [0, 0.1) is 13.8 Å². The standard InChI is InChI=1S/C22H31N3O2S/c1-15-6-8-17(9-7-15)20-16(2)28-19(24-20)14-25-12-10-18(11-13-25)23-21(26)27-22(3,4)5/h6-9,18H,10-14H2,1-5H3,(H,23,26). The number of benzene rings is 1. The number of thiazole rings is 1. The second-order valence-corrected chi connectivity index (χ2v) is 9.86. The van der Waals surface area contributed by atoms with Crippen molar-refractivity contribution < 1.29 is 9.53 Å². The molecule has 3 rings (SSSR count). The number of alkyl carbamates (subject to hydrolysis) is 1. The van der Waals surface area contributed by atoms with Crippen molar-refractivity contribution in [2.45, 2.75) is 65.6 Å². The second-order valence-electron chi connectivity index (χ2n) is 8.58. The number of likely N-dealkylation sites (tertiary alicyclic amines) is 1. The van der Waals surface area contributed by atoms with Gasteiger partial charge in [-0.2, -0.15) is 0 Å². The Labute approximate surface area is 172 Å². The molecule has 0 spiro atoms. The van der Waals surface area contributed by atoms with Crippen LogP contribution < -0.4 is 5.32 Å². The van der Waals surface area contributed by atoms with Crippen molar-refractivity contribution in [1.82, 2.24) is 15.2 Å². The monoisotopic (exact) mass is 401 g/mol. The number of aromatic nitrogens is 1. The molecule has 2 aromatic rings. The predicted molar refractivity (Wildman–Crippen MR) is 115 cm³/mol. The van der Waals surface area contributed by atoms with Gasteiger partial charge in [0.05, 0.1) is 12.2 Å². The zero-order chi connectivity index (χ0) is 20.3. The molecule has 0 bridgehead atoms. The van der Waals surface area contributed by atoms with Crippen molar-refractivity contribution in [3.8, 4) is 11.3 Å². The van der Waals surface area contributed by atoms with Gasteiger partial charge >= 0.3 is 6.09 Å². The van der Waals surface area contributed by atoms with Crippen LogP contribution in [-0.4, -0.2) is 40.7 Å². The normalized spacial score (nSPS) is 16.2. The molecule has 0 radical (unpaired) electrons. The summed E-state index contributed by atoms with van der Waals surface area (Å²) in [5, 5.41) is 4.16. The molecule has 28 heavy (non-hydrogen) atoms. The van der Waals surface area contributed by atoms with Gasteiger partial charge in [-0.05, 0) is 47.5 Å². The third-order valence-electron chi connectivity index (χ3n) is 4.83. The summed E-state index contributed by atoms with van der Waals surface area (Å²) in [6, 6.07) is 8.75. The van der Waals surface area contributed by atoms with Gasteiger partial charge in [-0.1, -0.05) is 29.8 Å². The average Bonchev–Trinajstić information content (AvgIpc) is 2.96. The maximum Gasteiger partial charge on any atom is 0.407 e. The van der Waals surface area contributed by atoms with Crippen LogP contribution in [0.2, 0.25) is 0 Å². The zero-order valence-electron chi connectivity index (χ0n) is 17.5. The van der Waals surface area contributed by atoms with Crippen LogP contribution in [-0.2, 0) is 11.3 Å². The Morgan fingerprint density at radius 1 is 1.21 bits per heavy atom. The van der Waals surface area contributed by atoms with Crippen LogP contribution in [0.5, 0.6) is 0 Å². The Morgan fingerprint density at radius 2 is 1.86 bits per heavy atom. The number of nitrogens with one attached hydrogen (secondary N) is 1. The number of hydrogen-bond donors (Lipinski definition) is 1. The topological polar surface area (TPSA) is 54.5 Å². The van der Waals surface area contributed by atoms with Gasteiger partial charge in [0.15, 0.2) is 0 Å². The number of carbonyl (C=O) groups excluding carboxylic acids is 1. The van der Waals surface area contributed by atoms with Gasteiger partial charge in [-0.25, -0.2) is 9.78 Å². The largest absolute Gasteiger partial charge is 0.444 e. The van der Waals surface area contributed by atoms with Crippen molar-refractivity contribution >= 4 is 17.4 Å². The first-order chi connectivity index (χ1) is 13.2. The summed E-state index contributed by atoms with van der Waals surface area (Å²) < 4.78 is 5.36. The lowest BCUT2D eigenvalue weighted by Gasteiger charge is -2.32. The summed E-state index contributed by atoms with van der Waals surface area (Å²) >= 11 is 1.78. The number of piperidine rings is 1. The van der Waals surface area contributed by atoms with E-state index < -0.39 is 5.60 Å². The Hall–Kier alpha value is -1.92. The highest BCUT2D eigenvalue weighted by molar-refractivity contribution is 7.12. The van der Waals surface area contributed by atoms with Crippen molar-refractivity contribution in [3.05, 3.63) is 39.7 Å². The number of amides is 1. The van der Waals surface area contributed by atoms with E-state index in [1.165, 1.54) is 16.0 Å². The highest BCUT2D eigenvalue weighted by atomic mass is 32.1. The summed E-state index contributed by atoms with van der Waals surface area (Å²) in [4.78, 5) is 20.5. The lowest BCUT2D eigenvalue weighted by molar-refractivity contribution is 0.0477. The first-order valence-electron chi connectivity index (χ1n) is 9.95. The lowest BCUT2D eigenvalue weighted by Crippen LogP contribution is -2.45. The molecule has 0 aliphatic carbocycles. The molecule has 1 fully saturated rings. The van der Waals surface area contributed by atoms with Crippen LogP contribution in [0.3, 0.4) is 0 Å². The number of ether oxygens (including phenoxy) is 1. The maximum atomic E-state index is 11.9. The zero-order valence-corrected chi connectivity index (χ0v) is 18.4. The molecule has 1 N–H and O–H groups in total. The molecule has 0 saturated carbocycles. The first-order valence-corrected chi connectivity index (χ1v) is 10.8. The SMILES string of the molecule is Cc1ccc(-c2nc(CN3CCC(NC(=O)OC(C)(C)C)CC3)sc2C)cc1. The fourth-order valence-corrected chi connectivity index (χ4v) is 4.40. The number of rotatable bonds is 4. The first kappa shape index (κ1) is 20.8. The number of hydrogen-bond acceptors (Lipinski definition) is 5. The van der Waals surface area contributed by atoms with Gasteiger partial charge < -0.3 is 10.1 Å². The summed E-state index contributed by atoms with van der Waals surface area (Å²) in [5.41, 5.74) is 3.09. The quantitative estimate of drug-likeness (QED) is 0.790. The smallest absolute Gasteiger partial charge is 0.407 e. The molecular weight excluding hydrogens is 370 g/mol. The molecule has 1 aliphatic heterocycles. The fourth-order valence-electron chi connectivity index (χ4n) is 3.40. The predicted octanol–water partition coefficient (Wildman–Crippen LogP) is 4.92. The second kappa shape index (κ2) is 8.62. The summed E-state index contributed by atoms with van der Waals surface area (Å²) in [5.74, 6) is 0. The van der Waals surface area contributed by atoms with Gasteiger partial charge in [-0.15, -0.1) is 11.3 Å². The van der Waals surface area contributed by atoms with Crippen molar-refractivity contribution in [2.24, 2.45) is 0 Å². The Balaban J connectivity index is 1.52. The highest BCUT2D eigenvalue weighted by Crippen LogP contribution is 2.29. The van der Waals surface area contributed by atoms with E-state index in [0.29, 0.717) is 0 Å². The third kappa shape index (κ3) is 5.79. The van der Waals surface area contributed by atoms with Crippen LogP contribution in [0.1, 0.15) is 49.1 Å². The van der Waals surface area contributed by atoms with E-state index in [2.05, 4.69) is 48.3 Å². The number of carbonyl (C=O) groups is 1. The van der Waals surface area contributed by atoms with Crippen molar-refractivity contribution in [2.75, 3.05) is 13.1 Å². The minimum atomic E-state index is -0.456. The van der Waals surface area contributed by atoms with E-state index in [1.807, 2.05) is 20.8 Å². The highest BCUT2D eigenvalue weighted by Gasteiger charge is 2.24. The molecule has 1 saturated heterocycles. The minimum Gasteiger partial charge on any atom is -0.444 e. The minimum absolute atomic E-state index is 0.187. The molecular formula is C22H31N3O2S. The Kier molecular flexibility index (Phi) is 6.40. The van der Waals surface area contributed by atoms with Gasteiger partial charge in [0.25, 0.3) is 0 Å². The van der Waals surface area contributed by atoms with Crippen LogP contribution in [0.25, 0.3) is 11.3 Å². The third-order valence-corrected chi connectivity index (χ3v) is 5.79. The maximum absolute atomic E-state index is 11.9. The summed E-state index contributed by atoms with van der Waals surface area (Å²) in [7, 11) is 0. The average molecular weight is 402 g/mol. The van der Waals surface area contributed by atoms with Crippen molar-refractivity contribution in [3.63, 3.8) is 0 Å². The Bertz CT molecular complexity index is 800. The fraction of sp³-hybridized carbons (Fsp3) is 0.545. The molecule has 1 aromatic carbocycles. The number of aryl methyl sites for hydroxylation is 2. The number of nitrogens with zero attached hydrogens (tertiary/aromatic N) is 2. The van der Waals surface area contributed by atoms with E-state index in [9.17, 15) is 4.79 Å². The van der Waals surface area contributed by atoms with Crippen molar-refractivity contribution in [1.29, 1.82) is 0 Å². The lowest BCUT2D eigenvalue weighted by atomic mass is 10.1. The molecule has 6 heteroatoms. The summed E-state index contributed by atoms with van der Waals surface area (Å²) in [6.45, 7) is 12.7. The van der Waals surface area contributed by atoms with Crippen LogP contribution >= 0.6 is 11.3 Å². The van der Waals surface area contributed by atoms with Gasteiger partial charge in [0, 0.05) is 29.6 Å². The Morgan fingerprint density at radius 3 is 2.46 bits per heavy atom. The molecule has 152 valence electrons.